The maximum absolute atomic E-state index is 8.72. The summed E-state index contributed by atoms with van der Waals surface area (Å²) in [5.41, 5.74) is 7.98. The van der Waals surface area contributed by atoms with Crippen LogP contribution in [0.3, 0.4) is 0 Å². The summed E-state index contributed by atoms with van der Waals surface area (Å²) in [4.78, 5) is 0. The van der Waals surface area contributed by atoms with Crippen LogP contribution in [0, 0.1) is 12.3 Å². The van der Waals surface area contributed by atoms with Crippen LogP contribution in [0.2, 0.25) is 0 Å². The molecule has 0 saturated carbocycles. The van der Waals surface area contributed by atoms with E-state index in [9.17, 15) is 0 Å². The Bertz CT molecular complexity index is 308. The average molecular weight is 194 g/mol. The fraction of sp³-hybridized carbons (Fsp3) is 0.364. The van der Waals surface area contributed by atoms with Gasteiger partial charge in [0, 0.05) is 11.3 Å². The zero-order valence-electron chi connectivity index (χ0n) is 8.96. The number of anilines is 1. The van der Waals surface area contributed by atoms with Crippen molar-refractivity contribution in [2.75, 3.05) is 12.3 Å². The topological polar surface area (TPSA) is 70.1 Å². The van der Waals surface area contributed by atoms with Gasteiger partial charge in [-0.2, -0.15) is 0 Å². The molecule has 0 bridgehead atoms. The maximum Gasteiger partial charge on any atom is 0.0852 e. The monoisotopic (exact) mass is 194 g/mol. The molecule has 0 spiro atoms. The van der Waals surface area contributed by atoms with Gasteiger partial charge in [-0.3, -0.25) is 0 Å². The third kappa shape index (κ3) is 3.18. The second kappa shape index (κ2) is 6.16. The van der Waals surface area contributed by atoms with Crippen molar-refractivity contribution in [2.24, 2.45) is 0 Å². The Hall–Kier alpha value is -1.35. The zero-order valence-corrected chi connectivity index (χ0v) is 8.96. The maximum atomic E-state index is 8.72. The standard InChI is InChI=1S/C9H12N2O.C2H6/c1-6-2-3-8(10)7(4-6)9(11)5-12;1-2/h2-4,11-12H,5,10H2,1H3;1-2H3. The molecule has 0 atom stereocenters. The summed E-state index contributed by atoms with van der Waals surface area (Å²) >= 11 is 0. The number of aliphatic hydroxyl groups excluding tert-OH is 1. The van der Waals surface area contributed by atoms with Crippen molar-refractivity contribution >= 4 is 11.4 Å². The highest BCUT2D eigenvalue weighted by atomic mass is 16.3. The number of aliphatic hydroxyl groups is 1. The first-order valence-electron chi connectivity index (χ1n) is 4.70. The van der Waals surface area contributed by atoms with E-state index in [-0.39, 0.29) is 12.3 Å². The highest BCUT2D eigenvalue weighted by Crippen LogP contribution is 2.13. The van der Waals surface area contributed by atoms with Crippen molar-refractivity contribution in [1.82, 2.24) is 0 Å². The summed E-state index contributed by atoms with van der Waals surface area (Å²) in [5.74, 6) is 0. The van der Waals surface area contributed by atoms with E-state index < -0.39 is 0 Å². The van der Waals surface area contributed by atoms with Gasteiger partial charge in [0.15, 0.2) is 0 Å². The van der Waals surface area contributed by atoms with Gasteiger partial charge >= 0.3 is 0 Å². The van der Waals surface area contributed by atoms with Crippen LogP contribution >= 0.6 is 0 Å². The SMILES string of the molecule is CC.Cc1ccc(N)c(C(=N)CO)c1. The molecule has 0 unspecified atom stereocenters. The number of rotatable bonds is 2. The molecule has 3 nitrogen and oxygen atoms in total. The molecule has 0 heterocycles. The van der Waals surface area contributed by atoms with Crippen LogP contribution in [0.15, 0.2) is 18.2 Å². The fourth-order valence-corrected chi connectivity index (χ4v) is 1.02. The molecule has 4 N–H and O–H groups in total. The molecule has 3 heteroatoms. The Morgan fingerprint density at radius 1 is 1.43 bits per heavy atom. The number of benzene rings is 1. The normalized spacial score (nSPS) is 8.86. The van der Waals surface area contributed by atoms with Gasteiger partial charge in [0.2, 0.25) is 0 Å². The van der Waals surface area contributed by atoms with E-state index in [1.807, 2.05) is 26.8 Å². The molecule has 0 aliphatic heterocycles. The minimum absolute atomic E-state index is 0.163. The average Bonchev–Trinajstić information content (AvgIpc) is 2.23. The Balaban J connectivity index is 0.000000791. The first-order chi connectivity index (χ1) is 6.65. The summed E-state index contributed by atoms with van der Waals surface area (Å²) in [6.07, 6.45) is 0. The minimum atomic E-state index is -0.270. The largest absolute Gasteiger partial charge is 0.398 e. The second-order valence-electron chi connectivity index (χ2n) is 2.73. The van der Waals surface area contributed by atoms with Crippen molar-refractivity contribution in [3.05, 3.63) is 29.3 Å². The predicted octanol–water partition coefficient (Wildman–Crippen LogP) is 1.96. The number of hydrogen-bond acceptors (Lipinski definition) is 3. The first kappa shape index (κ1) is 12.7. The number of nitrogens with two attached hydrogens (primary N) is 1. The van der Waals surface area contributed by atoms with E-state index in [0.717, 1.165) is 5.56 Å². The van der Waals surface area contributed by atoms with Crippen molar-refractivity contribution < 1.29 is 5.11 Å². The van der Waals surface area contributed by atoms with E-state index in [0.29, 0.717) is 11.3 Å². The van der Waals surface area contributed by atoms with Crippen LogP contribution in [0.4, 0.5) is 5.69 Å². The third-order valence-electron chi connectivity index (χ3n) is 1.69. The summed E-state index contributed by atoms with van der Waals surface area (Å²) in [6, 6.07) is 5.42. The van der Waals surface area contributed by atoms with E-state index in [2.05, 4.69) is 0 Å². The summed E-state index contributed by atoms with van der Waals surface area (Å²) in [7, 11) is 0. The zero-order chi connectivity index (χ0) is 11.1. The molecule has 0 aliphatic rings. The fourth-order valence-electron chi connectivity index (χ4n) is 1.02. The molecular formula is C11H18N2O. The lowest BCUT2D eigenvalue weighted by Gasteiger charge is -2.05. The van der Waals surface area contributed by atoms with Crippen LogP contribution in [0.25, 0.3) is 0 Å². The Labute approximate surface area is 85.1 Å². The summed E-state index contributed by atoms with van der Waals surface area (Å²) in [5, 5.41) is 16.1. The molecule has 0 saturated heterocycles. The van der Waals surface area contributed by atoms with E-state index in [1.165, 1.54) is 0 Å². The van der Waals surface area contributed by atoms with Gasteiger partial charge in [-0.1, -0.05) is 25.5 Å². The molecular weight excluding hydrogens is 176 g/mol. The lowest BCUT2D eigenvalue weighted by atomic mass is 10.1. The smallest absolute Gasteiger partial charge is 0.0852 e. The number of aryl methyl sites for hydroxylation is 1. The van der Waals surface area contributed by atoms with Crippen LogP contribution in [0.5, 0.6) is 0 Å². The van der Waals surface area contributed by atoms with Gasteiger partial charge in [-0.15, -0.1) is 0 Å². The van der Waals surface area contributed by atoms with Crippen LogP contribution < -0.4 is 5.73 Å². The van der Waals surface area contributed by atoms with Gasteiger partial charge in [0.1, 0.15) is 0 Å². The van der Waals surface area contributed by atoms with Crippen molar-refractivity contribution in [1.29, 1.82) is 5.41 Å². The van der Waals surface area contributed by atoms with Crippen LogP contribution in [-0.2, 0) is 0 Å². The Morgan fingerprint density at radius 3 is 2.50 bits per heavy atom. The number of hydrogen-bond donors (Lipinski definition) is 3. The molecule has 0 radical (unpaired) electrons. The molecule has 0 fully saturated rings. The predicted molar refractivity (Wildman–Crippen MR) is 60.9 cm³/mol. The summed E-state index contributed by atoms with van der Waals surface area (Å²) < 4.78 is 0. The van der Waals surface area contributed by atoms with Crippen molar-refractivity contribution in [3.63, 3.8) is 0 Å². The molecule has 1 rings (SSSR count). The number of nitrogens with one attached hydrogen (secondary N) is 1. The second-order valence-corrected chi connectivity index (χ2v) is 2.73. The van der Waals surface area contributed by atoms with Gasteiger partial charge in [0.05, 0.1) is 12.3 Å². The van der Waals surface area contributed by atoms with Crippen LogP contribution in [0.1, 0.15) is 25.0 Å². The quantitative estimate of drug-likeness (QED) is 0.497. The first-order valence-corrected chi connectivity index (χ1v) is 4.70. The van der Waals surface area contributed by atoms with E-state index in [4.69, 9.17) is 16.2 Å². The molecule has 0 aliphatic carbocycles. The number of nitrogen functional groups attached to an aromatic ring is 1. The molecule has 78 valence electrons. The van der Waals surface area contributed by atoms with Gasteiger partial charge in [-0.25, -0.2) is 0 Å². The lowest BCUT2D eigenvalue weighted by Crippen LogP contribution is -2.07. The summed E-state index contributed by atoms with van der Waals surface area (Å²) in [6.45, 7) is 5.65. The molecule has 0 aromatic heterocycles. The van der Waals surface area contributed by atoms with Crippen molar-refractivity contribution in [3.8, 4) is 0 Å². The Kier molecular flexibility index (Phi) is 5.56. The van der Waals surface area contributed by atoms with E-state index >= 15 is 0 Å². The molecule has 14 heavy (non-hydrogen) atoms. The molecule has 1 aromatic rings. The highest BCUT2D eigenvalue weighted by Gasteiger charge is 2.03. The van der Waals surface area contributed by atoms with Gasteiger partial charge < -0.3 is 16.2 Å². The van der Waals surface area contributed by atoms with Crippen LogP contribution in [-0.4, -0.2) is 17.4 Å². The van der Waals surface area contributed by atoms with E-state index in [1.54, 1.807) is 12.1 Å². The third-order valence-corrected chi connectivity index (χ3v) is 1.69. The highest BCUT2D eigenvalue weighted by molar-refractivity contribution is 6.03. The van der Waals surface area contributed by atoms with Crippen molar-refractivity contribution in [2.45, 2.75) is 20.8 Å². The van der Waals surface area contributed by atoms with Gasteiger partial charge in [0.25, 0.3) is 0 Å². The minimum Gasteiger partial charge on any atom is -0.398 e. The lowest BCUT2D eigenvalue weighted by molar-refractivity contribution is 0.357. The Morgan fingerprint density at radius 2 is 2.00 bits per heavy atom. The molecule has 0 amide bonds. The van der Waals surface area contributed by atoms with Gasteiger partial charge in [-0.05, 0) is 19.1 Å². The molecule has 1 aromatic carbocycles.